The van der Waals surface area contributed by atoms with Crippen LogP contribution in [0.4, 0.5) is 11.5 Å². The van der Waals surface area contributed by atoms with E-state index < -0.39 is 11.9 Å². The maximum Gasteiger partial charge on any atom is 0.345 e. The lowest BCUT2D eigenvalue weighted by Crippen LogP contribution is -2.26. The number of thiophene rings is 1. The summed E-state index contributed by atoms with van der Waals surface area (Å²) in [6, 6.07) is 8.54. The summed E-state index contributed by atoms with van der Waals surface area (Å²) in [5.74, 6) is -0.640. The zero-order valence-electron chi connectivity index (χ0n) is 17.4. The number of aromatic nitrogens is 4. The third-order valence-electron chi connectivity index (χ3n) is 5.00. The summed E-state index contributed by atoms with van der Waals surface area (Å²) in [7, 11) is 0. The molecule has 4 aromatic rings. The molecule has 34 heavy (non-hydrogen) atoms. The van der Waals surface area contributed by atoms with E-state index >= 15 is 0 Å². The molecule has 3 aromatic heterocycles. The van der Waals surface area contributed by atoms with E-state index in [1.807, 2.05) is 0 Å². The Labute approximate surface area is 195 Å². The summed E-state index contributed by atoms with van der Waals surface area (Å²) >= 11 is 1.16. The number of aromatic carboxylic acids is 1. The van der Waals surface area contributed by atoms with Crippen LogP contribution in [0.3, 0.4) is 0 Å². The van der Waals surface area contributed by atoms with E-state index in [0.717, 1.165) is 21.8 Å². The van der Waals surface area contributed by atoms with E-state index in [4.69, 9.17) is 9.84 Å². The summed E-state index contributed by atoms with van der Waals surface area (Å²) in [4.78, 5) is 44.7. The molecule has 1 aliphatic rings. The molecule has 0 radical (unpaired) electrons. The summed E-state index contributed by atoms with van der Waals surface area (Å²) in [6.45, 7) is 0.531. The number of benzene rings is 1. The number of carbonyl (C=O) groups excluding carboxylic acids is 2. The van der Waals surface area contributed by atoms with Gasteiger partial charge in [0.2, 0.25) is 0 Å². The van der Waals surface area contributed by atoms with Crippen molar-refractivity contribution in [1.82, 2.24) is 25.5 Å². The Kier molecular flexibility index (Phi) is 5.51. The Morgan fingerprint density at radius 1 is 1.18 bits per heavy atom. The van der Waals surface area contributed by atoms with Crippen LogP contribution >= 0.6 is 11.3 Å². The molecule has 0 fully saturated rings. The number of amides is 2. The number of nitrogens with one attached hydrogen (secondary N) is 4. The van der Waals surface area contributed by atoms with Gasteiger partial charge in [0.05, 0.1) is 12.2 Å². The molecular weight excluding hydrogens is 462 g/mol. The van der Waals surface area contributed by atoms with Crippen molar-refractivity contribution >= 4 is 51.7 Å². The van der Waals surface area contributed by atoms with Crippen LogP contribution in [0.25, 0.3) is 11.0 Å². The Morgan fingerprint density at radius 3 is 2.88 bits per heavy atom. The van der Waals surface area contributed by atoms with Gasteiger partial charge in [-0.3, -0.25) is 14.7 Å². The summed E-state index contributed by atoms with van der Waals surface area (Å²) in [5, 5.41) is 24.7. The zero-order valence-corrected chi connectivity index (χ0v) is 18.2. The summed E-state index contributed by atoms with van der Waals surface area (Å²) in [6.07, 6.45) is 1.28. The first kappa shape index (κ1) is 21.3. The fraction of sp³-hybridized carbons (Fsp3) is 0.143. The minimum Gasteiger partial charge on any atom is -0.482 e. The van der Waals surface area contributed by atoms with Crippen molar-refractivity contribution in [2.45, 2.75) is 13.1 Å². The fourth-order valence-electron chi connectivity index (χ4n) is 3.40. The first-order valence-electron chi connectivity index (χ1n) is 10.1. The van der Waals surface area contributed by atoms with Crippen LogP contribution in [0.1, 0.15) is 30.6 Å². The number of fused-ring (bicyclic) bond motifs is 2. The van der Waals surface area contributed by atoms with Gasteiger partial charge in [0.25, 0.3) is 11.8 Å². The van der Waals surface area contributed by atoms with Gasteiger partial charge in [-0.15, -0.1) is 11.3 Å². The van der Waals surface area contributed by atoms with Crippen LogP contribution in [-0.4, -0.2) is 49.7 Å². The summed E-state index contributed by atoms with van der Waals surface area (Å²) in [5.41, 5.74) is 2.25. The van der Waals surface area contributed by atoms with Crippen molar-refractivity contribution in [2.24, 2.45) is 0 Å². The SMILES string of the molecule is O=C1COc2ccc(CNC(=O)c3ncnc4c(NCc5ccc(C(=O)O)s5)n[nH]c34)cc2N1. The van der Waals surface area contributed by atoms with Crippen LogP contribution in [0.2, 0.25) is 0 Å². The van der Waals surface area contributed by atoms with Gasteiger partial charge in [0.15, 0.2) is 18.1 Å². The number of anilines is 2. The molecule has 0 spiro atoms. The minimum absolute atomic E-state index is 0.0233. The van der Waals surface area contributed by atoms with E-state index in [9.17, 15) is 14.4 Å². The predicted octanol–water partition coefficient (Wildman–Crippen LogP) is 1.99. The number of hydrogen-bond acceptors (Lipinski definition) is 9. The lowest BCUT2D eigenvalue weighted by Gasteiger charge is -2.18. The van der Waals surface area contributed by atoms with E-state index in [0.29, 0.717) is 34.8 Å². The fourth-order valence-corrected chi connectivity index (χ4v) is 4.18. The van der Waals surface area contributed by atoms with Crippen LogP contribution in [0, 0.1) is 0 Å². The third-order valence-corrected chi connectivity index (χ3v) is 6.07. The van der Waals surface area contributed by atoms with Crippen molar-refractivity contribution < 1.29 is 24.2 Å². The predicted molar refractivity (Wildman–Crippen MR) is 122 cm³/mol. The standard InChI is InChI=1S/C21H17N7O5S/c29-15-8-33-13-3-1-10(5-12(13)26-15)6-23-20(30)18-16-17(24-9-25-18)19(28-27-16)22-7-11-2-4-14(34-11)21(31)32/h1-5,9H,6-8H2,(H,23,30)(H,26,29)(H,31,32)(H2,22,27,28). The van der Waals surface area contributed by atoms with Gasteiger partial charge in [-0.2, -0.15) is 5.10 Å². The number of nitrogens with zero attached hydrogens (tertiary/aromatic N) is 3. The van der Waals surface area contributed by atoms with Crippen molar-refractivity contribution in [3.8, 4) is 5.75 Å². The maximum atomic E-state index is 12.8. The second-order valence-corrected chi connectivity index (χ2v) is 8.46. The molecule has 5 rings (SSSR count). The van der Waals surface area contributed by atoms with Crippen molar-refractivity contribution in [3.05, 3.63) is 57.7 Å². The first-order chi connectivity index (χ1) is 16.5. The van der Waals surface area contributed by atoms with E-state index in [1.54, 1.807) is 30.3 Å². The van der Waals surface area contributed by atoms with E-state index in [-0.39, 0.29) is 29.6 Å². The van der Waals surface area contributed by atoms with Gasteiger partial charge in [-0.25, -0.2) is 14.8 Å². The molecule has 13 heteroatoms. The Balaban J connectivity index is 1.28. The number of ether oxygens (including phenoxy) is 1. The third kappa shape index (κ3) is 4.23. The first-order valence-corrected chi connectivity index (χ1v) is 10.9. The molecule has 0 unspecified atom stereocenters. The molecule has 2 amide bonds. The maximum absolute atomic E-state index is 12.8. The smallest absolute Gasteiger partial charge is 0.345 e. The highest BCUT2D eigenvalue weighted by molar-refractivity contribution is 7.13. The molecule has 0 saturated carbocycles. The summed E-state index contributed by atoms with van der Waals surface area (Å²) < 4.78 is 5.34. The number of carbonyl (C=O) groups is 3. The Bertz CT molecular complexity index is 1430. The van der Waals surface area contributed by atoms with Gasteiger partial charge in [0, 0.05) is 11.4 Å². The topological polar surface area (TPSA) is 171 Å². The normalized spacial score (nSPS) is 12.5. The highest BCUT2D eigenvalue weighted by atomic mass is 32.1. The molecule has 0 atom stereocenters. The van der Waals surface area contributed by atoms with E-state index in [1.165, 1.54) is 6.33 Å². The molecule has 0 aliphatic carbocycles. The monoisotopic (exact) mass is 479 g/mol. The average Bonchev–Trinajstić information content (AvgIpc) is 3.48. The number of aromatic amines is 1. The zero-order chi connectivity index (χ0) is 23.7. The van der Waals surface area contributed by atoms with Gasteiger partial charge >= 0.3 is 5.97 Å². The molecular formula is C21H17N7O5S. The van der Waals surface area contributed by atoms with Gasteiger partial charge < -0.3 is 25.8 Å². The highest BCUT2D eigenvalue weighted by Gasteiger charge is 2.19. The second-order valence-electron chi connectivity index (χ2n) is 7.29. The number of H-pyrrole nitrogens is 1. The second kappa shape index (κ2) is 8.78. The number of rotatable bonds is 7. The highest BCUT2D eigenvalue weighted by Crippen LogP contribution is 2.28. The van der Waals surface area contributed by atoms with Gasteiger partial charge in [0.1, 0.15) is 28.0 Å². The van der Waals surface area contributed by atoms with Crippen molar-refractivity contribution in [1.29, 1.82) is 0 Å². The van der Waals surface area contributed by atoms with Crippen LogP contribution < -0.4 is 20.7 Å². The lowest BCUT2D eigenvalue weighted by molar-refractivity contribution is -0.118. The molecule has 1 aliphatic heterocycles. The molecule has 12 nitrogen and oxygen atoms in total. The minimum atomic E-state index is -0.974. The van der Waals surface area contributed by atoms with Gasteiger partial charge in [-0.05, 0) is 29.8 Å². The van der Waals surface area contributed by atoms with Crippen LogP contribution in [-0.2, 0) is 17.9 Å². The number of carboxylic acids is 1. The van der Waals surface area contributed by atoms with Gasteiger partial charge in [-0.1, -0.05) is 6.07 Å². The molecule has 0 saturated heterocycles. The molecule has 5 N–H and O–H groups in total. The van der Waals surface area contributed by atoms with Crippen molar-refractivity contribution in [3.63, 3.8) is 0 Å². The number of hydrogen-bond donors (Lipinski definition) is 5. The molecule has 172 valence electrons. The lowest BCUT2D eigenvalue weighted by atomic mass is 10.1. The Morgan fingerprint density at radius 2 is 2.06 bits per heavy atom. The number of carboxylic acid groups (broad SMARTS) is 1. The largest absolute Gasteiger partial charge is 0.482 e. The molecule has 4 heterocycles. The van der Waals surface area contributed by atoms with Crippen molar-refractivity contribution in [2.75, 3.05) is 17.2 Å². The average molecular weight is 479 g/mol. The van der Waals surface area contributed by atoms with Crippen LogP contribution in [0.15, 0.2) is 36.7 Å². The molecule has 1 aromatic carbocycles. The van der Waals surface area contributed by atoms with E-state index in [2.05, 4.69) is 36.1 Å². The quantitative estimate of drug-likeness (QED) is 0.266. The Hall–Kier alpha value is -4.52. The van der Waals surface area contributed by atoms with Crippen LogP contribution in [0.5, 0.6) is 5.75 Å². The molecule has 0 bridgehead atoms.